The van der Waals surface area contributed by atoms with Crippen molar-refractivity contribution in [3.05, 3.63) is 0 Å². The van der Waals surface area contributed by atoms with Gasteiger partial charge in [0.2, 0.25) is 0 Å². The average Bonchev–Trinajstić information content (AvgIpc) is 2.16. The Hall–Kier alpha value is 0.250. The first-order valence-corrected chi connectivity index (χ1v) is 6.23. The zero-order chi connectivity index (χ0) is 9.78. The fraction of sp³-hybridized carbons (Fsp3) is 1.00. The average molecular weight is 222 g/mol. The van der Waals surface area contributed by atoms with Gasteiger partial charge in [-0.1, -0.05) is 46.0 Å². The van der Waals surface area contributed by atoms with Gasteiger partial charge in [0.1, 0.15) is 0 Å². The van der Waals surface area contributed by atoms with Gasteiger partial charge in [0, 0.05) is 0 Å². The first kappa shape index (κ1) is 16.7. The number of hydrogen-bond donors (Lipinski definition) is 1. The van der Waals surface area contributed by atoms with E-state index in [9.17, 15) is 0 Å². The molecule has 0 saturated heterocycles. The van der Waals surface area contributed by atoms with E-state index in [1.807, 2.05) is 0 Å². The predicted octanol–water partition coefficient (Wildman–Crippen LogP) is -0.286. The van der Waals surface area contributed by atoms with Gasteiger partial charge >= 0.3 is 0 Å². The van der Waals surface area contributed by atoms with Crippen LogP contribution in [0.1, 0.15) is 65.2 Å². The number of quaternary nitrogens is 1. The predicted molar refractivity (Wildman–Crippen MR) is 59.9 cm³/mol. The first-order chi connectivity index (χ1) is 6.41. The standard InChI is InChI=1S/C12H27N.ClH/c1-3-5-7-8-9-10-12-13-11-6-4-2;/h13H,3-12H2,1-2H3;1H. The Morgan fingerprint density at radius 3 is 1.79 bits per heavy atom. The lowest BCUT2D eigenvalue weighted by Gasteiger charge is -2.00. The lowest BCUT2D eigenvalue weighted by atomic mass is 10.1. The number of halogens is 1. The van der Waals surface area contributed by atoms with Crippen LogP contribution in [-0.2, 0) is 0 Å². The van der Waals surface area contributed by atoms with Gasteiger partial charge in [-0.05, 0) is 19.3 Å². The molecule has 0 aliphatic carbocycles. The third-order valence-corrected chi connectivity index (χ3v) is 2.52. The zero-order valence-electron chi connectivity index (χ0n) is 10.0. The topological polar surface area (TPSA) is 16.6 Å². The quantitative estimate of drug-likeness (QED) is 0.489. The monoisotopic (exact) mass is 221 g/mol. The highest BCUT2D eigenvalue weighted by Crippen LogP contribution is 2.03. The summed E-state index contributed by atoms with van der Waals surface area (Å²) in [5.74, 6) is 0. The molecule has 0 rings (SSSR count). The van der Waals surface area contributed by atoms with Gasteiger partial charge in [0.25, 0.3) is 0 Å². The van der Waals surface area contributed by atoms with Crippen LogP contribution in [0.4, 0.5) is 0 Å². The fourth-order valence-electron chi connectivity index (χ4n) is 1.56. The largest absolute Gasteiger partial charge is 1.00 e. The van der Waals surface area contributed by atoms with Crippen LogP contribution in [0, 0.1) is 0 Å². The molecule has 0 heterocycles. The highest BCUT2D eigenvalue weighted by molar-refractivity contribution is 4.41. The second-order valence-electron chi connectivity index (χ2n) is 3.99. The smallest absolute Gasteiger partial charge is 0.0755 e. The van der Waals surface area contributed by atoms with Crippen LogP contribution in [0.25, 0.3) is 0 Å². The minimum absolute atomic E-state index is 0. The minimum atomic E-state index is 0. The molecule has 0 saturated carbocycles. The lowest BCUT2D eigenvalue weighted by molar-refractivity contribution is -0.655. The van der Waals surface area contributed by atoms with Gasteiger partial charge in [-0.25, -0.2) is 0 Å². The molecule has 0 aromatic carbocycles. The highest BCUT2D eigenvalue weighted by atomic mass is 35.5. The van der Waals surface area contributed by atoms with Crippen molar-refractivity contribution < 1.29 is 17.7 Å². The van der Waals surface area contributed by atoms with Crippen molar-refractivity contribution in [3.8, 4) is 0 Å². The Labute approximate surface area is 96.5 Å². The molecule has 1 nitrogen and oxygen atoms in total. The summed E-state index contributed by atoms with van der Waals surface area (Å²) in [5, 5.41) is 2.48. The molecule has 0 unspecified atom stereocenters. The van der Waals surface area contributed by atoms with Crippen molar-refractivity contribution in [2.75, 3.05) is 13.1 Å². The number of unbranched alkanes of at least 4 members (excludes halogenated alkanes) is 6. The van der Waals surface area contributed by atoms with Crippen molar-refractivity contribution in [1.29, 1.82) is 0 Å². The summed E-state index contributed by atoms with van der Waals surface area (Å²) in [6.45, 7) is 7.23. The van der Waals surface area contributed by atoms with E-state index in [0.29, 0.717) is 0 Å². The Kier molecular flexibility index (Phi) is 18.7. The van der Waals surface area contributed by atoms with E-state index in [2.05, 4.69) is 19.2 Å². The normalized spacial score (nSPS) is 9.86. The molecular weight excluding hydrogens is 194 g/mol. The maximum atomic E-state index is 2.48. The van der Waals surface area contributed by atoms with E-state index in [4.69, 9.17) is 0 Å². The van der Waals surface area contributed by atoms with Crippen LogP contribution in [0.15, 0.2) is 0 Å². The van der Waals surface area contributed by atoms with Gasteiger partial charge in [-0.15, -0.1) is 0 Å². The molecule has 0 aliphatic rings. The molecule has 14 heavy (non-hydrogen) atoms. The molecule has 0 bridgehead atoms. The lowest BCUT2D eigenvalue weighted by Crippen LogP contribution is -3.00. The maximum Gasteiger partial charge on any atom is 0.0755 e. The molecule has 0 spiro atoms. The Morgan fingerprint density at radius 1 is 0.643 bits per heavy atom. The number of hydrogen-bond acceptors (Lipinski definition) is 0. The third kappa shape index (κ3) is 14.8. The van der Waals surface area contributed by atoms with Crippen molar-refractivity contribution in [3.63, 3.8) is 0 Å². The minimum Gasteiger partial charge on any atom is -1.00 e. The molecule has 0 fully saturated rings. The highest BCUT2D eigenvalue weighted by Gasteiger charge is 1.92. The van der Waals surface area contributed by atoms with Crippen molar-refractivity contribution in [1.82, 2.24) is 0 Å². The van der Waals surface area contributed by atoms with Gasteiger partial charge in [-0.2, -0.15) is 0 Å². The fourth-order valence-corrected chi connectivity index (χ4v) is 1.56. The SMILES string of the molecule is CCCCCCCC[NH2+]CCCC.[Cl-]. The van der Waals surface area contributed by atoms with Crippen LogP contribution in [0.3, 0.4) is 0 Å². The Morgan fingerprint density at radius 2 is 1.14 bits per heavy atom. The van der Waals surface area contributed by atoms with Gasteiger partial charge in [0.05, 0.1) is 13.1 Å². The molecule has 0 aliphatic heterocycles. The molecular formula is C12H28ClN. The van der Waals surface area contributed by atoms with E-state index in [1.165, 1.54) is 64.5 Å². The van der Waals surface area contributed by atoms with Gasteiger partial charge < -0.3 is 17.7 Å². The molecule has 0 aromatic heterocycles. The van der Waals surface area contributed by atoms with Crippen LogP contribution in [0.5, 0.6) is 0 Å². The van der Waals surface area contributed by atoms with Crippen LogP contribution in [-0.4, -0.2) is 13.1 Å². The molecule has 0 aromatic rings. The maximum absolute atomic E-state index is 2.48. The molecule has 2 heteroatoms. The molecule has 2 N–H and O–H groups in total. The van der Waals surface area contributed by atoms with E-state index in [0.717, 1.165) is 0 Å². The van der Waals surface area contributed by atoms with Crippen molar-refractivity contribution in [2.24, 2.45) is 0 Å². The summed E-state index contributed by atoms with van der Waals surface area (Å²) in [7, 11) is 0. The molecule has 0 atom stereocenters. The Bertz CT molecular complexity index is 76.4. The van der Waals surface area contributed by atoms with E-state index in [-0.39, 0.29) is 12.4 Å². The van der Waals surface area contributed by atoms with Crippen LogP contribution < -0.4 is 17.7 Å². The van der Waals surface area contributed by atoms with E-state index < -0.39 is 0 Å². The number of nitrogens with two attached hydrogens (primary N) is 1. The zero-order valence-corrected chi connectivity index (χ0v) is 10.8. The van der Waals surface area contributed by atoms with E-state index >= 15 is 0 Å². The summed E-state index contributed by atoms with van der Waals surface area (Å²) in [6.07, 6.45) is 11.3. The second-order valence-corrected chi connectivity index (χ2v) is 3.99. The first-order valence-electron chi connectivity index (χ1n) is 6.23. The van der Waals surface area contributed by atoms with Crippen molar-refractivity contribution >= 4 is 0 Å². The second kappa shape index (κ2) is 15.7. The van der Waals surface area contributed by atoms with Crippen LogP contribution in [0.2, 0.25) is 0 Å². The molecule has 0 radical (unpaired) electrons. The molecule has 88 valence electrons. The summed E-state index contributed by atoms with van der Waals surface area (Å²) < 4.78 is 0. The third-order valence-electron chi connectivity index (χ3n) is 2.52. The molecule has 0 amide bonds. The van der Waals surface area contributed by atoms with Crippen molar-refractivity contribution in [2.45, 2.75) is 65.2 Å². The van der Waals surface area contributed by atoms with Gasteiger partial charge in [-0.3, -0.25) is 0 Å². The van der Waals surface area contributed by atoms with Crippen LogP contribution >= 0.6 is 0 Å². The summed E-state index contributed by atoms with van der Waals surface area (Å²) in [6, 6.07) is 0. The Balaban J connectivity index is 0. The van der Waals surface area contributed by atoms with Gasteiger partial charge in [0.15, 0.2) is 0 Å². The van der Waals surface area contributed by atoms with E-state index in [1.54, 1.807) is 0 Å². The summed E-state index contributed by atoms with van der Waals surface area (Å²) >= 11 is 0. The number of rotatable bonds is 10. The summed E-state index contributed by atoms with van der Waals surface area (Å²) in [4.78, 5) is 0. The summed E-state index contributed by atoms with van der Waals surface area (Å²) in [5.41, 5.74) is 0.